The van der Waals surface area contributed by atoms with Gasteiger partial charge in [0.1, 0.15) is 30.0 Å². The Balaban J connectivity index is 1.27. The molecule has 1 saturated heterocycles. The second kappa shape index (κ2) is 21.7. The molecule has 0 bridgehead atoms. The van der Waals surface area contributed by atoms with E-state index in [1.54, 1.807) is 32.1 Å². The second-order valence-corrected chi connectivity index (χ2v) is 19.1. The third-order valence-corrected chi connectivity index (χ3v) is 11.6. The summed E-state index contributed by atoms with van der Waals surface area (Å²) in [7, 11) is 0. The predicted molar refractivity (Wildman–Crippen MR) is 237 cm³/mol. The Morgan fingerprint density at radius 3 is 2.28 bits per heavy atom. The normalized spacial score (nSPS) is 16.9. The average Bonchev–Trinajstić information content (AvgIpc) is 3.79. The van der Waals surface area contributed by atoms with E-state index in [1.165, 1.54) is 4.90 Å². The molecule has 15 heteroatoms. The maximum absolute atomic E-state index is 14.1. The molecule has 0 aliphatic carbocycles. The molecule has 0 spiro atoms. The number of aliphatic hydroxyl groups excluding tert-OH is 1. The van der Waals surface area contributed by atoms with Crippen LogP contribution in [0.25, 0.3) is 10.4 Å². The summed E-state index contributed by atoms with van der Waals surface area (Å²) in [6.45, 7) is 16.8. The monoisotopic (exact) mass is 862 g/mol. The molecule has 14 nitrogen and oxygen atoms in total. The van der Waals surface area contributed by atoms with Gasteiger partial charge in [0.15, 0.2) is 0 Å². The number of alkyl carbamates (subject to hydrolysis) is 1. The Hall–Kier alpha value is -5.02. The van der Waals surface area contributed by atoms with E-state index in [4.69, 9.17) is 15.2 Å². The highest BCUT2D eigenvalue weighted by Gasteiger charge is 2.44. The molecule has 0 saturated carbocycles. The number of nitrogens with zero attached hydrogens (tertiary/aromatic N) is 2. The van der Waals surface area contributed by atoms with Crippen LogP contribution in [-0.4, -0.2) is 87.7 Å². The fraction of sp³-hybridized carbons (Fsp3) is 0.565. The van der Waals surface area contributed by atoms with Crippen LogP contribution in [0.3, 0.4) is 0 Å². The molecule has 1 fully saturated rings. The van der Waals surface area contributed by atoms with Crippen LogP contribution >= 0.6 is 11.3 Å². The molecule has 1 aliphatic heterocycles. The first-order valence-electron chi connectivity index (χ1n) is 21.2. The second-order valence-electron chi connectivity index (χ2n) is 18.2. The van der Waals surface area contributed by atoms with Gasteiger partial charge in [-0.3, -0.25) is 19.2 Å². The number of rotatable bonds is 19. The zero-order valence-electron chi connectivity index (χ0n) is 37.3. The first-order valence-corrected chi connectivity index (χ1v) is 22.1. The van der Waals surface area contributed by atoms with Crippen molar-refractivity contribution in [3.8, 4) is 16.2 Å². The average molecular weight is 863 g/mol. The van der Waals surface area contributed by atoms with E-state index in [2.05, 4.69) is 20.9 Å². The summed E-state index contributed by atoms with van der Waals surface area (Å²) < 4.78 is 11.5. The van der Waals surface area contributed by atoms with Crippen LogP contribution in [0.4, 0.5) is 4.79 Å². The van der Waals surface area contributed by atoms with E-state index in [-0.39, 0.29) is 50.3 Å². The standard InChI is InChI=1S/C46H66N6O8S/c1-28-15-16-31(23-37(28)59-26-34(21-22-38(47)54)50-44(58)60-46(7,8)9)13-11-10-12-14-39(55)51-41(45(4,5)6)43(57)52-25-35(53)24-36(52)42(56)49-29(2)32-17-19-33(20-18-32)40-30(3)48-27-61-40/h15-20,23,27,29,34-36,41,53H,10-14,21-22,24-26H2,1-9H3,(H2,47,54)(H,49,56)(H,50,58)(H,51,55)/t29-,34-,35+,36-,41+/m0/s1. The Kier molecular flexibility index (Phi) is 17.3. The van der Waals surface area contributed by atoms with Gasteiger partial charge in [0.05, 0.1) is 34.3 Å². The number of carbonyl (C=O) groups excluding carboxylic acids is 5. The van der Waals surface area contributed by atoms with E-state index in [9.17, 15) is 29.1 Å². The predicted octanol–water partition coefficient (Wildman–Crippen LogP) is 6.44. The topological polar surface area (TPSA) is 202 Å². The van der Waals surface area contributed by atoms with Crippen molar-refractivity contribution in [2.75, 3.05) is 13.2 Å². The number of nitrogens with one attached hydrogen (secondary N) is 3. The van der Waals surface area contributed by atoms with Crippen molar-refractivity contribution < 1.29 is 38.6 Å². The lowest BCUT2D eigenvalue weighted by Gasteiger charge is -2.35. The number of carbonyl (C=O) groups is 5. The van der Waals surface area contributed by atoms with Crippen LogP contribution < -0.4 is 26.4 Å². The highest BCUT2D eigenvalue weighted by Crippen LogP contribution is 2.30. The van der Waals surface area contributed by atoms with Gasteiger partial charge in [-0.1, -0.05) is 63.6 Å². The summed E-state index contributed by atoms with van der Waals surface area (Å²) in [5, 5.41) is 19.4. The van der Waals surface area contributed by atoms with Crippen LogP contribution in [0.15, 0.2) is 48.0 Å². The van der Waals surface area contributed by atoms with Gasteiger partial charge >= 0.3 is 6.09 Å². The Morgan fingerprint density at radius 1 is 0.951 bits per heavy atom. The van der Waals surface area contributed by atoms with E-state index >= 15 is 0 Å². The molecule has 5 atom stereocenters. The van der Waals surface area contributed by atoms with Crippen LogP contribution in [0.1, 0.15) is 122 Å². The highest BCUT2D eigenvalue weighted by molar-refractivity contribution is 7.13. The SMILES string of the molecule is Cc1ccc(CCCCCC(=O)N[C@H](C(=O)N2C[C@H](O)C[C@H]2C(=O)N[C@@H](C)c2ccc(-c3scnc3C)cc2)C(C)(C)C)cc1OC[C@H](CCC(N)=O)NC(=O)OC(C)(C)C. The minimum atomic E-state index is -0.901. The lowest BCUT2D eigenvalue weighted by atomic mass is 9.85. The largest absolute Gasteiger partial charge is 0.491 e. The highest BCUT2D eigenvalue weighted by atomic mass is 32.1. The number of benzene rings is 2. The minimum absolute atomic E-state index is 0.00125. The number of aliphatic hydroxyl groups is 1. The molecule has 0 radical (unpaired) electrons. The summed E-state index contributed by atoms with van der Waals surface area (Å²) in [4.78, 5) is 71.8. The zero-order chi connectivity index (χ0) is 45.1. The van der Waals surface area contributed by atoms with Crippen molar-refractivity contribution in [2.24, 2.45) is 11.1 Å². The van der Waals surface area contributed by atoms with Crippen molar-refractivity contribution >= 4 is 41.1 Å². The van der Waals surface area contributed by atoms with Gasteiger partial charge in [0.25, 0.3) is 0 Å². The van der Waals surface area contributed by atoms with Crippen LogP contribution in [0, 0.1) is 19.3 Å². The van der Waals surface area contributed by atoms with E-state index in [1.807, 2.05) is 89.5 Å². The maximum Gasteiger partial charge on any atom is 0.407 e. The van der Waals surface area contributed by atoms with Crippen molar-refractivity contribution in [1.29, 1.82) is 0 Å². The molecule has 2 aromatic carbocycles. The first-order chi connectivity index (χ1) is 28.6. The molecule has 1 aromatic heterocycles. The third kappa shape index (κ3) is 15.1. The summed E-state index contributed by atoms with van der Waals surface area (Å²) in [6.07, 6.45) is 2.20. The fourth-order valence-electron chi connectivity index (χ4n) is 7.17. The number of aromatic nitrogens is 1. The van der Waals surface area contributed by atoms with Crippen LogP contribution in [-0.2, 0) is 30.3 Å². The molecule has 3 aromatic rings. The Labute approximate surface area is 364 Å². The number of unbranched alkanes of at least 4 members (excludes halogenated alkanes) is 2. The summed E-state index contributed by atoms with van der Waals surface area (Å²) >= 11 is 1.57. The molecule has 334 valence electrons. The number of amides is 5. The number of nitrogens with two attached hydrogens (primary N) is 1. The quantitative estimate of drug-likeness (QED) is 0.0842. The number of primary amides is 1. The van der Waals surface area contributed by atoms with E-state index in [0.29, 0.717) is 18.6 Å². The molecule has 5 amide bonds. The van der Waals surface area contributed by atoms with Crippen LogP contribution in [0.2, 0.25) is 0 Å². The number of β-amino-alcohol motifs (C(OH)–C–C–N with tert-alkyl or cyclic N) is 1. The number of hydrogen-bond acceptors (Lipinski definition) is 10. The van der Waals surface area contributed by atoms with Crippen molar-refractivity contribution in [2.45, 2.75) is 150 Å². The number of aryl methyl sites for hydroxylation is 3. The van der Waals surface area contributed by atoms with Gasteiger partial charge in [0.2, 0.25) is 23.6 Å². The number of likely N-dealkylation sites (tertiary alicyclic amines) is 1. The zero-order valence-corrected chi connectivity index (χ0v) is 38.1. The molecule has 61 heavy (non-hydrogen) atoms. The first kappa shape index (κ1) is 48.6. The maximum atomic E-state index is 14.1. The van der Waals surface area contributed by atoms with E-state index in [0.717, 1.165) is 52.1 Å². The van der Waals surface area contributed by atoms with Gasteiger partial charge in [-0.2, -0.15) is 0 Å². The van der Waals surface area contributed by atoms with Gasteiger partial charge in [-0.15, -0.1) is 11.3 Å². The summed E-state index contributed by atoms with van der Waals surface area (Å²) in [5.41, 5.74) is 10.7. The molecule has 4 rings (SSSR count). The summed E-state index contributed by atoms with van der Waals surface area (Å²) in [5.74, 6) is -0.815. The third-order valence-electron chi connectivity index (χ3n) is 10.6. The Bertz CT molecular complexity index is 1970. The molecule has 2 heterocycles. The molecule has 1 aliphatic rings. The molecule has 6 N–H and O–H groups in total. The molecule has 0 unspecified atom stereocenters. The van der Waals surface area contributed by atoms with Crippen molar-refractivity contribution in [1.82, 2.24) is 25.8 Å². The molecular formula is C46H66N6O8S. The summed E-state index contributed by atoms with van der Waals surface area (Å²) in [6, 6.07) is 11.3. The van der Waals surface area contributed by atoms with Gasteiger partial charge < -0.3 is 41.2 Å². The fourth-order valence-corrected chi connectivity index (χ4v) is 7.99. The number of ether oxygens (including phenoxy) is 2. The lowest BCUT2D eigenvalue weighted by molar-refractivity contribution is -0.144. The van der Waals surface area contributed by atoms with Gasteiger partial charge in [0, 0.05) is 25.8 Å². The smallest absolute Gasteiger partial charge is 0.407 e. The van der Waals surface area contributed by atoms with Crippen LogP contribution in [0.5, 0.6) is 5.75 Å². The van der Waals surface area contributed by atoms with Crippen molar-refractivity contribution in [3.63, 3.8) is 0 Å². The van der Waals surface area contributed by atoms with Crippen molar-refractivity contribution in [3.05, 3.63) is 70.4 Å². The lowest BCUT2D eigenvalue weighted by Crippen LogP contribution is -2.57. The van der Waals surface area contributed by atoms with E-state index < -0.39 is 53.2 Å². The Morgan fingerprint density at radius 2 is 1.66 bits per heavy atom. The van der Waals surface area contributed by atoms with Gasteiger partial charge in [-0.05, 0) is 101 Å². The number of hydrogen-bond donors (Lipinski definition) is 5. The van der Waals surface area contributed by atoms with Gasteiger partial charge in [-0.25, -0.2) is 9.78 Å². The minimum Gasteiger partial charge on any atom is -0.491 e. The number of thiazole rings is 1. The molecular weight excluding hydrogens is 797 g/mol.